The first-order valence-corrected chi connectivity index (χ1v) is 12.2. The third-order valence-electron chi connectivity index (χ3n) is 6.31. The Morgan fingerprint density at radius 3 is 2.69 bits per heavy atom. The lowest BCUT2D eigenvalue weighted by atomic mass is 9.93. The molecule has 0 radical (unpaired) electrons. The van der Waals surface area contributed by atoms with Crippen LogP contribution >= 0.6 is 24.8 Å². The number of amides is 1. The Balaban J connectivity index is 0.00000228. The highest BCUT2D eigenvalue weighted by Gasteiger charge is 2.35. The van der Waals surface area contributed by atoms with Gasteiger partial charge in [0.2, 0.25) is 5.89 Å². The van der Waals surface area contributed by atoms with Crippen molar-refractivity contribution in [2.75, 3.05) is 33.4 Å². The van der Waals surface area contributed by atoms with E-state index in [0.717, 1.165) is 49.9 Å². The summed E-state index contributed by atoms with van der Waals surface area (Å²) in [7, 11) is 1.71. The van der Waals surface area contributed by atoms with Gasteiger partial charge in [0.15, 0.2) is 11.6 Å². The fourth-order valence-corrected chi connectivity index (χ4v) is 4.72. The summed E-state index contributed by atoms with van der Waals surface area (Å²) < 4.78 is 12.7. The monoisotopic (exact) mass is 540 g/mol. The minimum Gasteiger partial charge on any atom is -0.385 e. The molecule has 0 spiro atoms. The number of fused-ring (bicyclic) bond motifs is 1. The molecule has 0 aliphatic carbocycles. The summed E-state index contributed by atoms with van der Waals surface area (Å²) >= 11 is 0. The number of methoxy groups -OCH3 is 1. The number of halogens is 2. The van der Waals surface area contributed by atoms with E-state index in [1.807, 2.05) is 36.1 Å². The molecule has 4 rings (SSSR count). The first kappa shape index (κ1) is 30.0. The van der Waals surface area contributed by atoms with Crippen LogP contribution in [0.3, 0.4) is 0 Å². The van der Waals surface area contributed by atoms with Crippen LogP contribution in [-0.4, -0.2) is 69.9 Å². The molecule has 0 unspecified atom stereocenters. The predicted octanol–water partition coefficient (Wildman–Crippen LogP) is 4.24. The Hall–Kier alpha value is -2.20. The fraction of sp³-hybridized carbons (Fsp3) is 0.600. The average molecular weight is 542 g/mol. The molecule has 9 nitrogen and oxygen atoms in total. The molecule has 36 heavy (non-hydrogen) atoms. The second-order valence-electron chi connectivity index (χ2n) is 9.55. The van der Waals surface area contributed by atoms with Gasteiger partial charge in [-0.1, -0.05) is 31.1 Å². The molecule has 1 saturated heterocycles. The predicted molar refractivity (Wildman–Crippen MR) is 144 cm³/mol. The van der Waals surface area contributed by atoms with Crippen molar-refractivity contribution in [1.29, 1.82) is 0 Å². The zero-order chi connectivity index (χ0) is 24.1. The Morgan fingerprint density at radius 1 is 1.22 bits per heavy atom. The fourth-order valence-electron chi connectivity index (χ4n) is 4.72. The number of para-hydroxylation sites is 2. The summed E-state index contributed by atoms with van der Waals surface area (Å²) in [5.74, 6) is 2.16. The summed E-state index contributed by atoms with van der Waals surface area (Å²) in [6.45, 7) is 9.70. The number of nitrogens with one attached hydrogen (secondary N) is 1. The highest BCUT2D eigenvalue weighted by atomic mass is 35.5. The second-order valence-corrected chi connectivity index (χ2v) is 9.55. The summed E-state index contributed by atoms with van der Waals surface area (Å²) in [5, 5.41) is 7.43. The number of ether oxygens (including phenoxy) is 1. The topological polar surface area (TPSA) is 98.3 Å². The van der Waals surface area contributed by atoms with Crippen molar-refractivity contribution in [3.63, 3.8) is 0 Å². The van der Waals surface area contributed by atoms with Gasteiger partial charge < -0.3 is 24.0 Å². The molecule has 1 amide bonds. The first-order valence-electron chi connectivity index (χ1n) is 12.2. The zero-order valence-electron chi connectivity index (χ0n) is 21.5. The van der Waals surface area contributed by atoms with Gasteiger partial charge in [0.25, 0.3) is 5.91 Å². The van der Waals surface area contributed by atoms with Gasteiger partial charge in [-0.2, -0.15) is 4.98 Å². The number of imidazole rings is 1. The maximum atomic E-state index is 14.0. The smallest absolute Gasteiger partial charge is 0.290 e. The highest BCUT2D eigenvalue weighted by molar-refractivity contribution is 5.95. The van der Waals surface area contributed by atoms with Crippen LogP contribution in [0.1, 0.15) is 61.4 Å². The number of unbranched alkanes of at least 4 members (excludes halogenated alkanes) is 1. The number of carbonyl (C=O) groups is 1. The van der Waals surface area contributed by atoms with E-state index in [2.05, 4.69) is 33.9 Å². The number of rotatable bonds is 10. The molecule has 1 aliphatic heterocycles. The van der Waals surface area contributed by atoms with Gasteiger partial charge in [-0.15, -0.1) is 24.8 Å². The Morgan fingerprint density at radius 2 is 2.00 bits per heavy atom. The second kappa shape index (κ2) is 13.9. The molecule has 1 fully saturated rings. The Labute approximate surface area is 225 Å². The van der Waals surface area contributed by atoms with Crippen LogP contribution in [0.25, 0.3) is 11.0 Å². The molecule has 0 saturated carbocycles. The van der Waals surface area contributed by atoms with E-state index in [9.17, 15) is 4.79 Å². The average Bonchev–Trinajstić information content (AvgIpc) is 3.43. The van der Waals surface area contributed by atoms with Crippen molar-refractivity contribution in [3.8, 4) is 0 Å². The number of aromatic nitrogens is 4. The highest BCUT2D eigenvalue weighted by Crippen LogP contribution is 2.27. The van der Waals surface area contributed by atoms with Crippen molar-refractivity contribution >= 4 is 41.8 Å². The largest absolute Gasteiger partial charge is 0.385 e. The van der Waals surface area contributed by atoms with E-state index >= 15 is 0 Å². The number of benzene rings is 1. The van der Waals surface area contributed by atoms with Crippen LogP contribution in [-0.2, 0) is 11.3 Å². The van der Waals surface area contributed by atoms with Crippen molar-refractivity contribution < 1.29 is 14.1 Å². The Kier molecular flexibility index (Phi) is 11.6. The normalized spacial score (nSPS) is 17.6. The molecule has 1 aromatic carbocycles. The summed E-state index contributed by atoms with van der Waals surface area (Å²) in [4.78, 5) is 25.3. The van der Waals surface area contributed by atoms with Crippen molar-refractivity contribution in [2.24, 2.45) is 5.92 Å². The summed E-state index contributed by atoms with van der Waals surface area (Å²) in [5.41, 5.74) is 1.84. The third-order valence-corrected chi connectivity index (χ3v) is 6.31. The van der Waals surface area contributed by atoms with Crippen LogP contribution in [0.5, 0.6) is 0 Å². The minimum atomic E-state index is -0.0224. The standard InChI is InChI=1S/C25H36N6O3.2ClH/c1-17(2)16-31(20-13-19(14-26-15-20)24-27-18(3)29-34-24)25(32)23-28-21-9-5-6-10-22(21)30(23)11-7-8-12-33-4;;/h5-6,9-10,17,19-20,26H,7-8,11-16H2,1-4H3;2*1H/t19-,20+;;/m1../s1. The van der Waals surface area contributed by atoms with Gasteiger partial charge in [-0.05, 0) is 44.2 Å². The maximum absolute atomic E-state index is 14.0. The van der Waals surface area contributed by atoms with Crippen LogP contribution in [0.4, 0.5) is 0 Å². The molecule has 1 N–H and O–H groups in total. The summed E-state index contributed by atoms with van der Waals surface area (Å²) in [6, 6.07) is 7.99. The maximum Gasteiger partial charge on any atom is 0.290 e. The van der Waals surface area contributed by atoms with Crippen LogP contribution in [0, 0.1) is 12.8 Å². The lowest BCUT2D eigenvalue weighted by Gasteiger charge is -2.37. The van der Waals surface area contributed by atoms with Gasteiger partial charge in [-0.3, -0.25) is 4.79 Å². The van der Waals surface area contributed by atoms with E-state index in [0.29, 0.717) is 36.6 Å². The van der Waals surface area contributed by atoms with Gasteiger partial charge in [0, 0.05) is 45.9 Å². The lowest BCUT2D eigenvalue weighted by molar-refractivity contribution is 0.0584. The van der Waals surface area contributed by atoms with E-state index in [-0.39, 0.29) is 42.7 Å². The zero-order valence-corrected chi connectivity index (χ0v) is 23.1. The van der Waals surface area contributed by atoms with Crippen LogP contribution < -0.4 is 5.32 Å². The molecule has 3 heterocycles. The molecule has 11 heteroatoms. The number of hydrogen-bond donors (Lipinski definition) is 1. The minimum absolute atomic E-state index is 0. The van der Waals surface area contributed by atoms with Crippen molar-refractivity contribution in [1.82, 2.24) is 29.9 Å². The number of nitrogens with zero attached hydrogens (tertiary/aromatic N) is 5. The number of aryl methyl sites for hydroxylation is 2. The van der Waals surface area contributed by atoms with Crippen LogP contribution in [0.2, 0.25) is 0 Å². The molecule has 2 aromatic heterocycles. The molecule has 3 aromatic rings. The molecular weight excluding hydrogens is 503 g/mol. The first-order chi connectivity index (χ1) is 16.5. The SMILES string of the molecule is COCCCCn1c(C(=O)N(CC(C)C)[C@@H]2CNC[C@H](c3nc(C)no3)C2)nc2ccccc21.Cl.Cl. The Bertz CT molecular complexity index is 1100. The van der Waals surface area contributed by atoms with Crippen molar-refractivity contribution in [3.05, 3.63) is 41.8 Å². The molecule has 2 atom stereocenters. The van der Waals surface area contributed by atoms with E-state index in [1.165, 1.54) is 0 Å². The molecule has 200 valence electrons. The van der Waals surface area contributed by atoms with Gasteiger partial charge in [0.05, 0.1) is 17.0 Å². The number of piperidine rings is 1. The number of hydrogen-bond acceptors (Lipinski definition) is 7. The lowest BCUT2D eigenvalue weighted by Crippen LogP contribution is -2.52. The van der Waals surface area contributed by atoms with E-state index in [4.69, 9.17) is 14.2 Å². The molecular formula is C25H38Cl2N6O3. The van der Waals surface area contributed by atoms with Gasteiger partial charge >= 0.3 is 0 Å². The molecule has 1 aliphatic rings. The van der Waals surface area contributed by atoms with Crippen LogP contribution in [0.15, 0.2) is 28.8 Å². The van der Waals surface area contributed by atoms with Gasteiger partial charge in [0.1, 0.15) is 0 Å². The van der Waals surface area contributed by atoms with E-state index in [1.54, 1.807) is 7.11 Å². The summed E-state index contributed by atoms with van der Waals surface area (Å²) in [6.07, 6.45) is 2.63. The quantitative estimate of drug-likeness (QED) is 0.384. The van der Waals surface area contributed by atoms with E-state index < -0.39 is 0 Å². The molecule has 0 bridgehead atoms. The third kappa shape index (κ3) is 6.97. The van der Waals surface area contributed by atoms with Gasteiger partial charge in [-0.25, -0.2) is 4.98 Å². The number of carbonyl (C=O) groups excluding carboxylic acids is 1. The van der Waals surface area contributed by atoms with Crippen molar-refractivity contribution in [2.45, 2.75) is 58.5 Å².